The number of aromatic nitrogens is 2. The van der Waals surface area contributed by atoms with Gasteiger partial charge in [-0.05, 0) is 0 Å². The number of hydrogen-bond donors (Lipinski definition) is 0. The maximum Gasteiger partial charge on any atom is 0.434 e. The summed E-state index contributed by atoms with van der Waals surface area (Å²) in [6.45, 7) is 0. The number of hydrogen-bond acceptors (Lipinski definition) is 3. The molecule has 0 N–H and O–H groups in total. The molecule has 1 aromatic rings. The molecule has 4 nitrogen and oxygen atoms in total. The molecule has 0 radical (unpaired) electrons. The van der Waals surface area contributed by atoms with Crippen LogP contribution in [0, 0.1) is 0 Å². The van der Waals surface area contributed by atoms with E-state index >= 15 is 0 Å². The van der Waals surface area contributed by atoms with Crippen LogP contribution in [0.25, 0.3) is 0 Å². The average molecular weight is 249 g/mol. The Balaban J connectivity index is 3.50. The maximum absolute atomic E-state index is 12.3. The number of alkyl halides is 3. The van der Waals surface area contributed by atoms with E-state index in [0.717, 1.165) is 7.05 Å². The van der Waals surface area contributed by atoms with E-state index in [0.29, 0.717) is 10.9 Å². The highest BCUT2D eigenvalue weighted by Crippen LogP contribution is 2.34. The van der Waals surface area contributed by atoms with Crippen molar-refractivity contribution in [1.82, 2.24) is 9.78 Å². The van der Waals surface area contributed by atoms with Gasteiger partial charge in [0, 0.05) is 17.7 Å². The molecular formula is C5H4ClF3N2O2S. The summed E-state index contributed by atoms with van der Waals surface area (Å²) < 4.78 is 58.7. The zero-order valence-electron chi connectivity index (χ0n) is 6.71. The van der Waals surface area contributed by atoms with Crippen LogP contribution in [0.2, 0.25) is 0 Å². The summed E-state index contributed by atoms with van der Waals surface area (Å²) in [5.41, 5.74) is -1.38. The third-order valence-electron chi connectivity index (χ3n) is 1.44. The summed E-state index contributed by atoms with van der Waals surface area (Å²) in [7, 11) is 1.36. The Labute approximate surface area is 81.7 Å². The van der Waals surface area contributed by atoms with Crippen molar-refractivity contribution in [2.24, 2.45) is 7.05 Å². The van der Waals surface area contributed by atoms with Gasteiger partial charge in [-0.15, -0.1) is 0 Å². The third kappa shape index (κ3) is 2.01. The zero-order chi connectivity index (χ0) is 11.1. The van der Waals surface area contributed by atoms with E-state index in [1.54, 1.807) is 0 Å². The number of nitrogens with zero attached hydrogens (tertiary/aromatic N) is 2. The molecule has 0 fully saturated rings. The lowest BCUT2D eigenvalue weighted by Crippen LogP contribution is -2.14. The van der Waals surface area contributed by atoms with Crippen LogP contribution in [0.5, 0.6) is 0 Å². The largest absolute Gasteiger partial charge is 0.434 e. The van der Waals surface area contributed by atoms with Gasteiger partial charge in [-0.3, -0.25) is 4.68 Å². The molecule has 0 aromatic carbocycles. The molecule has 80 valence electrons. The van der Waals surface area contributed by atoms with Crippen molar-refractivity contribution in [2.75, 3.05) is 0 Å². The van der Waals surface area contributed by atoms with E-state index in [1.807, 2.05) is 0 Å². The fourth-order valence-electron chi connectivity index (χ4n) is 0.919. The second-order valence-electron chi connectivity index (χ2n) is 2.42. The number of halogens is 4. The van der Waals surface area contributed by atoms with Crippen LogP contribution >= 0.6 is 10.7 Å². The first kappa shape index (κ1) is 11.3. The molecule has 9 heteroatoms. The third-order valence-corrected chi connectivity index (χ3v) is 2.76. The quantitative estimate of drug-likeness (QED) is 0.706. The monoisotopic (exact) mass is 248 g/mol. The number of aryl methyl sites for hydroxylation is 1. The van der Waals surface area contributed by atoms with Gasteiger partial charge in [0.05, 0.1) is 6.20 Å². The van der Waals surface area contributed by atoms with E-state index in [2.05, 4.69) is 5.10 Å². The van der Waals surface area contributed by atoms with E-state index < -0.39 is 25.8 Å². The van der Waals surface area contributed by atoms with Crippen molar-refractivity contribution < 1.29 is 21.6 Å². The van der Waals surface area contributed by atoms with Gasteiger partial charge >= 0.3 is 6.18 Å². The minimum absolute atomic E-state index is 0.412. The summed E-state index contributed by atoms with van der Waals surface area (Å²) in [5, 5.41) is 3.18. The van der Waals surface area contributed by atoms with Gasteiger partial charge in [0.15, 0.2) is 5.69 Å². The van der Waals surface area contributed by atoms with E-state index in [-0.39, 0.29) is 0 Å². The van der Waals surface area contributed by atoms with Crippen molar-refractivity contribution in [1.29, 1.82) is 0 Å². The predicted molar refractivity (Wildman–Crippen MR) is 41.2 cm³/mol. The van der Waals surface area contributed by atoms with Crippen molar-refractivity contribution in [2.45, 2.75) is 11.1 Å². The Hall–Kier alpha value is -0.760. The molecule has 0 bridgehead atoms. The normalized spacial score (nSPS) is 13.2. The van der Waals surface area contributed by atoms with Gasteiger partial charge in [-0.2, -0.15) is 18.3 Å². The van der Waals surface area contributed by atoms with Crippen molar-refractivity contribution >= 4 is 19.7 Å². The van der Waals surface area contributed by atoms with Crippen LogP contribution in [0.4, 0.5) is 13.2 Å². The summed E-state index contributed by atoms with van der Waals surface area (Å²) in [6, 6.07) is 0. The number of rotatable bonds is 1. The second kappa shape index (κ2) is 3.13. The molecule has 1 aromatic heterocycles. The fraction of sp³-hybridized carbons (Fsp3) is 0.400. The molecule has 0 unspecified atom stereocenters. The van der Waals surface area contributed by atoms with Crippen LogP contribution in [0.1, 0.15) is 5.69 Å². The summed E-state index contributed by atoms with van der Waals surface area (Å²) in [6.07, 6.45) is -4.24. The lowest BCUT2D eigenvalue weighted by molar-refractivity contribution is -0.145. The van der Waals surface area contributed by atoms with Gasteiger partial charge in [0.2, 0.25) is 0 Å². The minimum atomic E-state index is -4.80. The molecule has 0 aliphatic carbocycles. The molecule has 1 rings (SSSR count). The van der Waals surface area contributed by atoms with Gasteiger partial charge in [-0.1, -0.05) is 0 Å². The van der Waals surface area contributed by atoms with Crippen LogP contribution in [0.15, 0.2) is 11.1 Å². The summed E-state index contributed by atoms with van der Waals surface area (Å²) in [5.74, 6) is 0. The van der Waals surface area contributed by atoms with Crippen LogP contribution in [0.3, 0.4) is 0 Å². The maximum atomic E-state index is 12.3. The van der Waals surface area contributed by atoms with Gasteiger partial charge in [0.1, 0.15) is 4.90 Å². The first-order chi connectivity index (χ1) is 6.14. The lowest BCUT2D eigenvalue weighted by Gasteiger charge is -2.07. The van der Waals surface area contributed by atoms with Crippen molar-refractivity contribution in [3.8, 4) is 0 Å². The van der Waals surface area contributed by atoms with Gasteiger partial charge in [-0.25, -0.2) is 8.42 Å². The molecular weight excluding hydrogens is 245 g/mol. The van der Waals surface area contributed by atoms with Crippen molar-refractivity contribution in [3.63, 3.8) is 0 Å². The fourth-order valence-corrected chi connectivity index (χ4v) is 1.91. The van der Waals surface area contributed by atoms with Crippen molar-refractivity contribution in [3.05, 3.63) is 11.9 Å². The average Bonchev–Trinajstić information content (AvgIpc) is 2.27. The standard InChI is InChI=1S/C5H4ClF3N2O2S/c1-11-4(5(7,8)9)3(2-10-11)14(6,12)13/h2H,1H3. The highest BCUT2D eigenvalue weighted by Gasteiger charge is 2.40. The highest BCUT2D eigenvalue weighted by molar-refractivity contribution is 8.13. The molecule has 0 saturated carbocycles. The first-order valence-electron chi connectivity index (χ1n) is 3.18. The second-order valence-corrected chi connectivity index (χ2v) is 4.95. The van der Waals surface area contributed by atoms with Crippen LogP contribution in [-0.4, -0.2) is 18.2 Å². The predicted octanol–water partition coefficient (Wildman–Crippen LogP) is 1.37. The Kier molecular flexibility index (Phi) is 2.53. The Morgan fingerprint density at radius 1 is 1.50 bits per heavy atom. The SMILES string of the molecule is Cn1ncc(S(=O)(=O)Cl)c1C(F)(F)F. The molecule has 1 heterocycles. The first-order valence-corrected chi connectivity index (χ1v) is 5.49. The van der Waals surface area contributed by atoms with E-state index in [9.17, 15) is 21.6 Å². The highest BCUT2D eigenvalue weighted by atomic mass is 35.7. The summed E-state index contributed by atoms with van der Waals surface area (Å²) in [4.78, 5) is -1.03. The molecule has 0 atom stereocenters. The molecule has 0 spiro atoms. The zero-order valence-corrected chi connectivity index (χ0v) is 8.28. The summed E-state index contributed by atoms with van der Waals surface area (Å²) >= 11 is 0. The van der Waals surface area contributed by atoms with Gasteiger partial charge in [0.25, 0.3) is 9.05 Å². The molecule has 0 amide bonds. The minimum Gasteiger partial charge on any atom is -0.262 e. The molecule has 0 saturated heterocycles. The van der Waals surface area contributed by atoms with Crippen LogP contribution in [-0.2, 0) is 22.3 Å². The smallest absolute Gasteiger partial charge is 0.262 e. The van der Waals surface area contributed by atoms with E-state index in [1.165, 1.54) is 0 Å². The van der Waals surface area contributed by atoms with Gasteiger partial charge < -0.3 is 0 Å². The topological polar surface area (TPSA) is 52.0 Å². The molecule has 0 aliphatic rings. The Bertz CT molecular complexity index is 450. The Morgan fingerprint density at radius 3 is 2.29 bits per heavy atom. The lowest BCUT2D eigenvalue weighted by atomic mass is 10.4. The molecule has 14 heavy (non-hydrogen) atoms. The molecule has 0 aliphatic heterocycles. The van der Waals surface area contributed by atoms with Crippen LogP contribution < -0.4 is 0 Å². The van der Waals surface area contributed by atoms with E-state index in [4.69, 9.17) is 10.7 Å². The Morgan fingerprint density at radius 2 is 2.00 bits per heavy atom.